The van der Waals surface area contributed by atoms with Crippen LogP contribution in [-0.4, -0.2) is 32.7 Å². The predicted molar refractivity (Wildman–Crippen MR) is 62.5 cm³/mol. The van der Waals surface area contributed by atoms with E-state index in [0.717, 1.165) is 11.5 Å². The molecule has 2 N–H and O–H groups in total. The molecule has 94 valence electrons. The average Bonchev–Trinajstić information content (AvgIpc) is 2.81. The fourth-order valence-corrected chi connectivity index (χ4v) is 1.58. The number of ether oxygens (including phenoxy) is 4. The molecule has 0 bridgehead atoms. The predicted octanol–water partition coefficient (Wildman–Crippen LogP) is 1.16. The van der Waals surface area contributed by atoms with Crippen LogP contribution in [0.2, 0.25) is 0 Å². The minimum atomic E-state index is -0.0783. The van der Waals surface area contributed by atoms with Gasteiger partial charge < -0.3 is 24.7 Å². The van der Waals surface area contributed by atoms with Crippen molar-refractivity contribution in [3.05, 3.63) is 18.2 Å². The molecule has 5 nitrogen and oxygen atoms in total. The lowest BCUT2D eigenvalue weighted by molar-refractivity contribution is 0.0336. The van der Waals surface area contributed by atoms with Gasteiger partial charge in [-0.15, -0.1) is 0 Å². The first-order chi connectivity index (χ1) is 8.33. The van der Waals surface area contributed by atoms with Gasteiger partial charge in [-0.2, -0.15) is 0 Å². The molecule has 0 saturated heterocycles. The Labute approximate surface area is 100 Å². The molecule has 0 saturated carbocycles. The number of benzene rings is 1. The third kappa shape index (κ3) is 3.01. The SMILES string of the molecule is CCOC(CN)COc1ccc2c(c1)OCO2. The van der Waals surface area contributed by atoms with Crippen molar-refractivity contribution in [1.82, 2.24) is 0 Å². The van der Waals surface area contributed by atoms with Crippen LogP contribution in [0.3, 0.4) is 0 Å². The summed E-state index contributed by atoms with van der Waals surface area (Å²) in [6, 6.07) is 5.48. The normalized spacial score (nSPS) is 14.7. The van der Waals surface area contributed by atoms with Crippen molar-refractivity contribution < 1.29 is 18.9 Å². The molecule has 5 heteroatoms. The zero-order valence-corrected chi connectivity index (χ0v) is 9.85. The second-order valence-corrected chi connectivity index (χ2v) is 3.64. The minimum Gasteiger partial charge on any atom is -0.491 e. The smallest absolute Gasteiger partial charge is 0.231 e. The molecule has 1 aromatic rings. The van der Waals surface area contributed by atoms with Gasteiger partial charge in [-0.05, 0) is 19.1 Å². The van der Waals surface area contributed by atoms with Gasteiger partial charge in [0.15, 0.2) is 11.5 Å². The van der Waals surface area contributed by atoms with E-state index in [1.165, 1.54) is 0 Å². The summed E-state index contributed by atoms with van der Waals surface area (Å²) in [5, 5.41) is 0. The van der Waals surface area contributed by atoms with Crippen LogP contribution in [0.5, 0.6) is 17.2 Å². The number of fused-ring (bicyclic) bond motifs is 1. The molecule has 2 rings (SSSR count). The second-order valence-electron chi connectivity index (χ2n) is 3.64. The first-order valence-corrected chi connectivity index (χ1v) is 5.67. The average molecular weight is 239 g/mol. The van der Waals surface area contributed by atoms with Crippen molar-refractivity contribution >= 4 is 0 Å². The van der Waals surface area contributed by atoms with E-state index in [0.29, 0.717) is 25.5 Å². The van der Waals surface area contributed by atoms with Crippen LogP contribution in [0.15, 0.2) is 18.2 Å². The van der Waals surface area contributed by atoms with Gasteiger partial charge in [0.25, 0.3) is 0 Å². The van der Waals surface area contributed by atoms with Crippen LogP contribution in [0.4, 0.5) is 0 Å². The van der Waals surface area contributed by atoms with Gasteiger partial charge in [-0.25, -0.2) is 0 Å². The summed E-state index contributed by atoms with van der Waals surface area (Å²) in [7, 11) is 0. The van der Waals surface area contributed by atoms with E-state index in [2.05, 4.69) is 0 Å². The fraction of sp³-hybridized carbons (Fsp3) is 0.500. The van der Waals surface area contributed by atoms with Crippen molar-refractivity contribution in [1.29, 1.82) is 0 Å². The van der Waals surface area contributed by atoms with Gasteiger partial charge >= 0.3 is 0 Å². The molecule has 0 radical (unpaired) electrons. The van der Waals surface area contributed by atoms with Gasteiger partial charge in [0.2, 0.25) is 6.79 Å². The monoisotopic (exact) mass is 239 g/mol. The van der Waals surface area contributed by atoms with E-state index in [4.69, 9.17) is 24.7 Å². The third-order valence-electron chi connectivity index (χ3n) is 2.45. The highest BCUT2D eigenvalue weighted by Gasteiger charge is 2.14. The molecule has 1 aliphatic rings. The molecule has 1 aliphatic heterocycles. The summed E-state index contributed by atoms with van der Waals surface area (Å²) < 4.78 is 21.5. The maximum Gasteiger partial charge on any atom is 0.231 e. The number of hydrogen-bond acceptors (Lipinski definition) is 5. The summed E-state index contributed by atoms with van der Waals surface area (Å²) in [6.45, 7) is 3.71. The van der Waals surface area contributed by atoms with Gasteiger partial charge in [-0.3, -0.25) is 0 Å². The lowest BCUT2D eigenvalue weighted by atomic mass is 10.3. The Hall–Kier alpha value is -1.46. The summed E-state index contributed by atoms with van der Waals surface area (Å²) in [5.41, 5.74) is 5.56. The van der Waals surface area contributed by atoms with Gasteiger partial charge in [0, 0.05) is 19.2 Å². The lowest BCUT2D eigenvalue weighted by Gasteiger charge is -2.15. The first-order valence-electron chi connectivity index (χ1n) is 5.67. The lowest BCUT2D eigenvalue weighted by Crippen LogP contribution is -2.30. The zero-order valence-electron chi connectivity index (χ0n) is 9.85. The molecule has 0 spiro atoms. The summed E-state index contributed by atoms with van der Waals surface area (Å²) >= 11 is 0. The Morgan fingerprint density at radius 3 is 2.94 bits per heavy atom. The van der Waals surface area contributed by atoms with Gasteiger partial charge in [0.05, 0.1) is 0 Å². The van der Waals surface area contributed by atoms with E-state index in [-0.39, 0.29) is 12.9 Å². The Morgan fingerprint density at radius 1 is 1.35 bits per heavy atom. The van der Waals surface area contributed by atoms with Crippen molar-refractivity contribution in [2.24, 2.45) is 5.73 Å². The number of rotatable bonds is 6. The maximum atomic E-state index is 5.60. The van der Waals surface area contributed by atoms with Crippen LogP contribution in [0, 0.1) is 0 Å². The molecule has 17 heavy (non-hydrogen) atoms. The van der Waals surface area contributed by atoms with E-state index in [1.54, 1.807) is 0 Å². The molecule has 1 heterocycles. The van der Waals surface area contributed by atoms with Crippen molar-refractivity contribution in [3.63, 3.8) is 0 Å². The van der Waals surface area contributed by atoms with Crippen LogP contribution in [0.1, 0.15) is 6.92 Å². The van der Waals surface area contributed by atoms with E-state index in [9.17, 15) is 0 Å². The topological polar surface area (TPSA) is 62.9 Å². The summed E-state index contributed by atoms with van der Waals surface area (Å²) in [6.07, 6.45) is -0.0783. The van der Waals surface area contributed by atoms with Crippen molar-refractivity contribution in [2.75, 3.05) is 26.6 Å². The highest BCUT2D eigenvalue weighted by molar-refractivity contribution is 5.46. The van der Waals surface area contributed by atoms with Crippen LogP contribution in [0.25, 0.3) is 0 Å². The van der Waals surface area contributed by atoms with E-state index >= 15 is 0 Å². The highest BCUT2D eigenvalue weighted by atomic mass is 16.7. The standard InChI is InChI=1S/C12H17NO4/c1-2-14-10(6-13)7-15-9-3-4-11-12(5-9)17-8-16-11/h3-5,10H,2,6-8,13H2,1H3. The highest BCUT2D eigenvalue weighted by Crippen LogP contribution is 2.35. The molecular formula is C12H17NO4. The Bertz CT molecular complexity index is 370. The molecule has 0 aromatic heterocycles. The Kier molecular flexibility index (Phi) is 4.06. The van der Waals surface area contributed by atoms with Crippen molar-refractivity contribution in [3.8, 4) is 17.2 Å². The largest absolute Gasteiger partial charge is 0.491 e. The van der Waals surface area contributed by atoms with Crippen LogP contribution < -0.4 is 19.9 Å². The molecule has 0 amide bonds. The van der Waals surface area contributed by atoms with Gasteiger partial charge in [0.1, 0.15) is 18.5 Å². The first kappa shape index (κ1) is 12.0. The van der Waals surface area contributed by atoms with Crippen LogP contribution in [-0.2, 0) is 4.74 Å². The van der Waals surface area contributed by atoms with E-state index < -0.39 is 0 Å². The molecule has 0 aliphatic carbocycles. The quantitative estimate of drug-likeness (QED) is 0.807. The molecule has 1 unspecified atom stereocenters. The molecule has 1 atom stereocenters. The number of hydrogen-bond donors (Lipinski definition) is 1. The fourth-order valence-electron chi connectivity index (χ4n) is 1.58. The molecule has 1 aromatic carbocycles. The van der Waals surface area contributed by atoms with Crippen LogP contribution >= 0.6 is 0 Å². The molecule has 0 fully saturated rings. The summed E-state index contributed by atoms with van der Waals surface area (Å²) in [4.78, 5) is 0. The van der Waals surface area contributed by atoms with E-state index in [1.807, 2.05) is 25.1 Å². The maximum absolute atomic E-state index is 5.60. The Balaban J connectivity index is 1.90. The molecular weight excluding hydrogens is 222 g/mol. The summed E-state index contributed by atoms with van der Waals surface area (Å²) in [5.74, 6) is 2.19. The Morgan fingerprint density at radius 2 is 2.18 bits per heavy atom. The number of nitrogens with two attached hydrogens (primary N) is 1. The minimum absolute atomic E-state index is 0.0783. The van der Waals surface area contributed by atoms with Crippen molar-refractivity contribution in [2.45, 2.75) is 13.0 Å². The zero-order chi connectivity index (χ0) is 12.1. The van der Waals surface area contributed by atoms with Gasteiger partial charge in [-0.1, -0.05) is 0 Å². The third-order valence-corrected chi connectivity index (χ3v) is 2.45. The second kappa shape index (κ2) is 5.75.